The predicted molar refractivity (Wildman–Crippen MR) is 104 cm³/mol. The van der Waals surface area contributed by atoms with Gasteiger partial charge in [0.2, 0.25) is 0 Å². The largest absolute Gasteiger partial charge is 0.337 e. The molecule has 134 valence electrons. The van der Waals surface area contributed by atoms with Gasteiger partial charge in [-0.15, -0.1) is 0 Å². The topological polar surface area (TPSA) is 48.8 Å². The third-order valence-corrected chi connectivity index (χ3v) is 4.31. The average molecular weight is 379 g/mol. The molecule has 0 saturated carbocycles. The van der Waals surface area contributed by atoms with Crippen molar-refractivity contribution < 1.29 is 16.5 Å². The fraction of sp³-hybridized carbons (Fsp3) is 0.300. The number of aryl methyl sites for hydroxylation is 4. The number of amidine groups is 2. The molecule has 0 amide bonds. The Labute approximate surface area is 159 Å². The molecule has 25 heavy (non-hydrogen) atoms. The molecule has 0 fully saturated rings. The number of rotatable bonds is 2. The number of para-hydroxylation sites is 2. The molecule has 1 aliphatic rings. The quantitative estimate of drug-likeness (QED) is 0.767. The van der Waals surface area contributed by atoms with Crippen LogP contribution in [0.2, 0.25) is 0 Å². The maximum Gasteiger partial charge on any atom is 0.169 e. The van der Waals surface area contributed by atoms with E-state index in [1.54, 1.807) is 0 Å². The third kappa shape index (κ3) is 4.29. The summed E-state index contributed by atoms with van der Waals surface area (Å²) in [6.45, 7) is 9.85. The zero-order valence-electron chi connectivity index (χ0n) is 15.1. The first-order valence-corrected chi connectivity index (χ1v) is 8.32. The van der Waals surface area contributed by atoms with E-state index < -0.39 is 0 Å². The second-order valence-corrected chi connectivity index (χ2v) is 6.24. The zero-order chi connectivity index (χ0) is 17.1. The Hall–Kier alpha value is -2.13. The fourth-order valence-electron chi connectivity index (χ4n) is 2.93. The van der Waals surface area contributed by atoms with Crippen molar-refractivity contribution in [3.63, 3.8) is 0 Å². The van der Waals surface area contributed by atoms with E-state index in [-0.39, 0.29) is 16.5 Å². The minimum Gasteiger partial charge on any atom is -0.337 e. The molecule has 0 aromatic heterocycles. The van der Waals surface area contributed by atoms with E-state index in [9.17, 15) is 0 Å². The maximum atomic E-state index is 4.66. The van der Waals surface area contributed by atoms with Gasteiger partial charge in [-0.05, 0) is 49.9 Å². The molecule has 0 spiro atoms. The summed E-state index contributed by atoms with van der Waals surface area (Å²) >= 11 is 0. The standard InChI is InChI=1S/C20H24N4.Ni/c1-13-7-5-8-14(2)17(13)23-19-20(22-12-11-21-19)24-18-15(3)9-6-10-16(18)4;/h5-10H,11-12H2,1-4H3,(H,21,23)(H,22,24);. The number of nitrogens with zero attached hydrogens (tertiary/aromatic N) is 2. The number of hydrogen-bond acceptors (Lipinski definition) is 4. The fourth-order valence-corrected chi connectivity index (χ4v) is 2.93. The van der Waals surface area contributed by atoms with Gasteiger partial charge >= 0.3 is 0 Å². The second-order valence-electron chi connectivity index (χ2n) is 6.24. The molecule has 0 saturated heterocycles. The first-order valence-electron chi connectivity index (χ1n) is 8.32. The summed E-state index contributed by atoms with van der Waals surface area (Å²) in [5.41, 5.74) is 7.03. The molecular weight excluding hydrogens is 355 g/mol. The number of benzene rings is 2. The van der Waals surface area contributed by atoms with Crippen molar-refractivity contribution in [3.8, 4) is 0 Å². The van der Waals surface area contributed by atoms with E-state index in [0.29, 0.717) is 13.1 Å². The molecule has 3 rings (SSSR count). The SMILES string of the molecule is Cc1cccc(C)c1NC1=NCCN=C1Nc1c(C)cccc1C.[Ni]. The van der Waals surface area contributed by atoms with Crippen LogP contribution in [0.15, 0.2) is 46.4 Å². The smallest absolute Gasteiger partial charge is 0.169 e. The van der Waals surface area contributed by atoms with Crippen molar-refractivity contribution in [2.24, 2.45) is 9.98 Å². The van der Waals surface area contributed by atoms with Crippen LogP contribution in [0.3, 0.4) is 0 Å². The van der Waals surface area contributed by atoms with Crippen LogP contribution in [0.1, 0.15) is 22.3 Å². The Morgan fingerprint density at radius 1 is 0.640 bits per heavy atom. The van der Waals surface area contributed by atoms with Crippen molar-refractivity contribution in [2.45, 2.75) is 27.7 Å². The zero-order valence-corrected chi connectivity index (χ0v) is 16.1. The van der Waals surface area contributed by atoms with Gasteiger partial charge < -0.3 is 10.6 Å². The number of anilines is 2. The first kappa shape index (κ1) is 19.2. The summed E-state index contributed by atoms with van der Waals surface area (Å²) in [4.78, 5) is 9.31. The van der Waals surface area contributed by atoms with E-state index in [0.717, 1.165) is 23.0 Å². The molecule has 0 atom stereocenters. The summed E-state index contributed by atoms with van der Waals surface area (Å²) in [5.74, 6) is 1.61. The van der Waals surface area contributed by atoms with Crippen molar-refractivity contribution in [1.82, 2.24) is 0 Å². The molecule has 0 unspecified atom stereocenters. The van der Waals surface area contributed by atoms with Gasteiger partial charge in [0.05, 0.1) is 13.1 Å². The van der Waals surface area contributed by atoms with Gasteiger partial charge in [-0.3, -0.25) is 9.98 Å². The number of nitrogens with one attached hydrogen (secondary N) is 2. The predicted octanol–water partition coefficient (Wildman–Crippen LogP) is 4.25. The Morgan fingerprint density at radius 2 is 0.960 bits per heavy atom. The Morgan fingerprint density at radius 3 is 1.28 bits per heavy atom. The molecule has 1 heterocycles. The van der Waals surface area contributed by atoms with Crippen LogP contribution in [-0.4, -0.2) is 24.8 Å². The Balaban J connectivity index is 0.00000225. The molecule has 2 aromatic carbocycles. The number of aliphatic imine (C=N–C) groups is 2. The van der Waals surface area contributed by atoms with Crippen molar-refractivity contribution in [3.05, 3.63) is 58.7 Å². The van der Waals surface area contributed by atoms with Crippen LogP contribution in [0.25, 0.3) is 0 Å². The monoisotopic (exact) mass is 378 g/mol. The minimum absolute atomic E-state index is 0. The molecule has 0 bridgehead atoms. The van der Waals surface area contributed by atoms with Crippen molar-refractivity contribution >= 4 is 23.0 Å². The molecule has 1 aliphatic heterocycles. The van der Waals surface area contributed by atoms with Crippen molar-refractivity contribution in [2.75, 3.05) is 23.7 Å². The van der Waals surface area contributed by atoms with Crippen LogP contribution in [0, 0.1) is 27.7 Å². The molecule has 0 radical (unpaired) electrons. The first-order chi connectivity index (χ1) is 11.6. The van der Waals surface area contributed by atoms with E-state index in [1.165, 1.54) is 22.3 Å². The van der Waals surface area contributed by atoms with Crippen LogP contribution in [0.4, 0.5) is 11.4 Å². The Kier molecular flexibility index (Phi) is 6.38. The van der Waals surface area contributed by atoms with Gasteiger partial charge in [0.25, 0.3) is 0 Å². The van der Waals surface area contributed by atoms with Crippen LogP contribution >= 0.6 is 0 Å². The van der Waals surface area contributed by atoms with Gasteiger partial charge in [0.15, 0.2) is 11.7 Å². The van der Waals surface area contributed by atoms with Crippen LogP contribution < -0.4 is 10.6 Å². The van der Waals surface area contributed by atoms with Gasteiger partial charge in [-0.25, -0.2) is 0 Å². The minimum atomic E-state index is 0. The van der Waals surface area contributed by atoms with E-state index in [1.807, 2.05) is 0 Å². The van der Waals surface area contributed by atoms with Crippen LogP contribution in [-0.2, 0) is 16.5 Å². The summed E-state index contributed by atoms with van der Waals surface area (Å²) in [6.07, 6.45) is 0. The molecule has 4 nitrogen and oxygen atoms in total. The van der Waals surface area contributed by atoms with Gasteiger partial charge in [0, 0.05) is 27.9 Å². The second kappa shape index (κ2) is 8.31. The van der Waals surface area contributed by atoms with E-state index in [4.69, 9.17) is 0 Å². The van der Waals surface area contributed by atoms with Crippen molar-refractivity contribution in [1.29, 1.82) is 0 Å². The summed E-state index contributed by atoms with van der Waals surface area (Å²) < 4.78 is 0. The molecule has 2 N–H and O–H groups in total. The third-order valence-electron chi connectivity index (χ3n) is 4.31. The molecule has 0 aliphatic carbocycles. The average Bonchev–Trinajstić information content (AvgIpc) is 2.56. The summed E-state index contributed by atoms with van der Waals surface area (Å²) in [7, 11) is 0. The van der Waals surface area contributed by atoms with Gasteiger partial charge in [-0.1, -0.05) is 36.4 Å². The van der Waals surface area contributed by atoms with E-state index in [2.05, 4.69) is 84.7 Å². The molecular formula is C20H24N4Ni. The Bertz CT molecular complexity index is 714. The molecule has 5 heteroatoms. The van der Waals surface area contributed by atoms with Gasteiger partial charge in [-0.2, -0.15) is 0 Å². The molecule has 2 aromatic rings. The summed E-state index contributed by atoms with van der Waals surface area (Å²) in [6, 6.07) is 12.6. The number of hydrogen-bond donors (Lipinski definition) is 2. The van der Waals surface area contributed by atoms with Gasteiger partial charge in [0.1, 0.15) is 0 Å². The maximum absolute atomic E-state index is 4.66. The normalized spacial score (nSPS) is 13.4. The summed E-state index contributed by atoms with van der Waals surface area (Å²) in [5, 5.41) is 6.97. The van der Waals surface area contributed by atoms with Crippen LogP contribution in [0.5, 0.6) is 0 Å². The van der Waals surface area contributed by atoms with E-state index >= 15 is 0 Å².